The van der Waals surface area contributed by atoms with E-state index in [1.165, 1.54) is 12.1 Å². The molecule has 0 saturated carbocycles. The Morgan fingerprint density at radius 3 is 2.67 bits per heavy atom. The van der Waals surface area contributed by atoms with Crippen LogP contribution in [0.1, 0.15) is 19.8 Å². The fraction of sp³-hybridized carbons (Fsp3) is 0.600. The van der Waals surface area contributed by atoms with Gasteiger partial charge in [-0.05, 0) is 37.8 Å². The molecule has 0 spiro atoms. The predicted octanol–water partition coefficient (Wildman–Crippen LogP) is 2.38. The van der Waals surface area contributed by atoms with Crippen LogP contribution in [-0.2, 0) is 4.74 Å². The standard InChI is InChI=1S/C15H22N2O4/c1-12(13-6-9-20-10-7-13)16-8-11-21-15-4-2-14(3-5-15)17(18)19/h2-5,12-13,16H,6-11H2,1H3. The SMILES string of the molecule is CC(NCCOc1ccc([N+](=O)[O-])cc1)C1CCOCC1. The van der Waals surface area contributed by atoms with Crippen LogP contribution >= 0.6 is 0 Å². The number of rotatable bonds is 7. The van der Waals surface area contributed by atoms with Crippen molar-refractivity contribution in [2.75, 3.05) is 26.4 Å². The van der Waals surface area contributed by atoms with Crippen LogP contribution in [0.25, 0.3) is 0 Å². The van der Waals surface area contributed by atoms with E-state index in [1.807, 2.05) is 0 Å². The van der Waals surface area contributed by atoms with E-state index in [0.29, 0.717) is 24.3 Å². The van der Waals surface area contributed by atoms with Crippen molar-refractivity contribution in [3.05, 3.63) is 34.4 Å². The fourth-order valence-electron chi connectivity index (χ4n) is 2.50. The van der Waals surface area contributed by atoms with Gasteiger partial charge in [-0.2, -0.15) is 0 Å². The van der Waals surface area contributed by atoms with E-state index < -0.39 is 4.92 Å². The molecule has 1 atom stereocenters. The van der Waals surface area contributed by atoms with Crippen molar-refractivity contribution >= 4 is 5.69 Å². The average molecular weight is 294 g/mol. The van der Waals surface area contributed by atoms with Gasteiger partial charge in [0.05, 0.1) is 4.92 Å². The largest absolute Gasteiger partial charge is 0.492 e. The lowest BCUT2D eigenvalue weighted by Crippen LogP contribution is -2.38. The van der Waals surface area contributed by atoms with Crippen LogP contribution in [-0.4, -0.2) is 37.3 Å². The van der Waals surface area contributed by atoms with Crippen LogP contribution in [0.3, 0.4) is 0 Å². The Balaban J connectivity index is 1.65. The summed E-state index contributed by atoms with van der Waals surface area (Å²) in [5, 5.41) is 14.0. The molecule has 0 aromatic heterocycles. The summed E-state index contributed by atoms with van der Waals surface area (Å²) in [5.41, 5.74) is 0.0774. The Morgan fingerprint density at radius 2 is 2.05 bits per heavy atom. The highest BCUT2D eigenvalue weighted by atomic mass is 16.6. The van der Waals surface area contributed by atoms with Gasteiger partial charge in [0, 0.05) is 37.9 Å². The van der Waals surface area contributed by atoms with Gasteiger partial charge in [-0.15, -0.1) is 0 Å². The quantitative estimate of drug-likeness (QED) is 0.475. The summed E-state index contributed by atoms with van der Waals surface area (Å²) in [5.74, 6) is 1.32. The van der Waals surface area contributed by atoms with Gasteiger partial charge in [0.2, 0.25) is 0 Å². The molecule has 1 fully saturated rings. The molecule has 1 heterocycles. The average Bonchev–Trinajstić information content (AvgIpc) is 2.52. The second kappa shape index (κ2) is 7.95. The molecule has 2 rings (SSSR count). The molecule has 0 radical (unpaired) electrons. The van der Waals surface area contributed by atoms with E-state index in [4.69, 9.17) is 9.47 Å². The Bertz CT molecular complexity index is 443. The topological polar surface area (TPSA) is 73.6 Å². The van der Waals surface area contributed by atoms with E-state index >= 15 is 0 Å². The van der Waals surface area contributed by atoms with Gasteiger partial charge in [-0.3, -0.25) is 10.1 Å². The zero-order valence-electron chi connectivity index (χ0n) is 12.3. The minimum atomic E-state index is -0.416. The van der Waals surface area contributed by atoms with Crippen molar-refractivity contribution < 1.29 is 14.4 Å². The lowest BCUT2D eigenvalue weighted by molar-refractivity contribution is -0.384. The summed E-state index contributed by atoms with van der Waals surface area (Å²) in [6.45, 7) is 5.22. The van der Waals surface area contributed by atoms with Gasteiger partial charge < -0.3 is 14.8 Å². The Hall–Kier alpha value is -1.66. The maximum atomic E-state index is 10.5. The summed E-state index contributed by atoms with van der Waals surface area (Å²) in [4.78, 5) is 10.1. The zero-order valence-corrected chi connectivity index (χ0v) is 12.3. The maximum Gasteiger partial charge on any atom is 0.269 e. The summed E-state index contributed by atoms with van der Waals surface area (Å²) in [6.07, 6.45) is 2.22. The highest BCUT2D eigenvalue weighted by Crippen LogP contribution is 2.19. The fourth-order valence-corrected chi connectivity index (χ4v) is 2.50. The number of ether oxygens (including phenoxy) is 2. The van der Waals surface area contributed by atoms with Gasteiger partial charge >= 0.3 is 0 Å². The maximum absolute atomic E-state index is 10.5. The van der Waals surface area contributed by atoms with Crippen molar-refractivity contribution in [3.8, 4) is 5.75 Å². The van der Waals surface area contributed by atoms with E-state index in [-0.39, 0.29) is 5.69 Å². The summed E-state index contributed by atoms with van der Waals surface area (Å²) < 4.78 is 10.9. The molecule has 1 aliphatic heterocycles. The third-order valence-electron chi connectivity index (χ3n) is 3.86. The van der Waals surface area contributed by atoms with Crippen LogP contribution in [0.5, 0.6) is 5.75 Å². The number of nitro groups is 1. The first-order valence-corrected chi connectivity index (χ1v) is 7.35. The molecule has 0 amide bonds. The van der Waals surface area contributed by atoms with Crippen LogP contribution in [0.4, 0.5) is 5.69 Å². The minimum Gasteiger partial charge on any atom is -0.492 e. The summed E-state index contributed by atoms with van der Waals surface area (Å²) in [6, 6.07) is 6.61. The predicted molar refractivity (Wildman–Crippen MR) is 79.6 cm³/mol. The number of non-ortho nitro benzene ring substituents is 1. The van der Waals surface area contributed by atoms with Crippen LogP contribution in [0, 0.1) is 16.0 Å². The van der Waals surface area contributed by atoms with Gasteiger partial charge in [0.25, 0.3) is 5.69 Å². The molecule has 21 heavy (non-hydrogen) atoms. The molecule has 1 unspecified atom stereocenters. The number of hydrogen-bond acceptors (Lipinski definition) is 5. The number of nitrogens with one attached hydrogen (secondary N) is 1. The smallest absolute Gasteiger partial charge is 0.269 e. The molecular weight excluding hydrogens is 272 g/mol. The van der Waals surface area contributed by atoms with Crippen LogP contribution in [0.2, 0.25) is 0 Å². The number of nitrogens with zero attached hydrogens (tertiary/aromatic N) is 1. The molecule has 6 nitrogen and oxygen atoms in total. The Morgan fingerprint density at radius 1 is 1.38 bits per heavy atom. The van der Waals surface area contributed by atoms with Crippen LogP contribution in [0.15, 0.2) is 24.3 Å². The van der Waals surface area contributed by atoms with E-state index in [1.54, 1.807) is 12.1 Å². The highest BCUT2D eigenvalue weighted by Gasteiger charge is 2.19. The molecule has 0 bridgehead atoms. The number of nitro benzene ring substituents is 1. The normalized spacial score (nSPS) is 17.4. The first-order valence-electron chi connectivity index (χ1n) is 7.35. The summed E-state index contributed by atoms with van der Waals surface area (Å²) >= 11 is 0. The minimum absolute atomic E-state index is 0.0774. The molecule has 1 saturated heterocycles. The molecule has 1 aromatic carbocycles. The second-order valence-electron chi connectivity index (χ2n) is 5.29. The van der Waals surface area contributed by atoms with Crippen molar-refractivity contribution in [3.63, 3.8) is 0 Å². The molecule has 1 aromatic rings. The monoisotopic (exact) mass is 294 g/mol. The van der Waals surface area contributed by atoms with Crippen molar-refractivity contribution in [2.45, 2.75) is 25.8 Å². The first-order chi connectivity index (χ1) is 10.2. The third kappa shape index (κ3) is 4.99. The van der Waals surface area contributed by atoms with Crippen molar-refractivity contribution in [1.29, 1.82) is 0 Å². The number of benzene rings is 1. The lowest BCUT2D eigenvalue weighted by Gasteiger charge is -2.28. The van der Waals surface area contributed by atoms with E-state index in [2.05, 4.69) is 12.2 Å². The van der Waals surface area contributed by atoms with Gasteiger partial charge in [-0.1, -0.05) is 0 Å². The Labute approximate surface area is 124 Å². The molecule has 6 heteroatoms. The Kier molecular flexibility index (Phi) is 5.95. The molecule has 1 N–H and O–H groups in total. The lowest BCUT2D eigenvalue weighted by atomic mass is 9.93. The number of hydrogen-bond donors (Lipinski definition) is 1. The van der Waals surface area contributed by atoms with Gasteiger partial charge in [0.15, 0.2) is 0 Å². The van der Waals surface area contributed by atoms with Gasteiger partial charge in [-0.25, -0.2) is 0 Å². The van der Waals surface area contributed by atoms with E-state index in [0.717, 1.165) is 32.6 Å². The first kappa shape index (κ1) is 15.7. The molecule has 116 valence electrons. The summed E-state index contributed by atoms with van der Waals surface area (Å²) in [7, 11) is 0. The third-order valence-corrected chi connectivity index (χ3v) is 3.86. The van der Waals surface area contributed by atoms with E-state index in [9.17, 15) is 10.1 Å². The van der Waals surface area contributed by atoms with Crippen molar-refractivity contribution in [2.24, 2.45) is 5.92 Å². The van der Waals surface area contributed by atoms with Gasteiger partial charge in [0.1, 0.15) is 12.4 Å². The highest BCUT2D eigenvalue weighted by molar-refractivity contribution is 5.35. The second-order valence-corrected chi connectivity index (χ2v) is 5.29. The van der Waals surface area contributed by atoms with Crippen LogP contribution < -0.4 is 10.1 Å². The molecular formula is C15H22N2O4. The molecule has 1 aliphatic rings. The molecule has 0 aliphatic carbocycles. The van der Waals surface area contributed by atoms with Crippen molar-refractivity contribution in [1.82, 2.24) is 5.32 Å². The zero-order chi connectivity index (χ0) is 15.1.